The molecule has 2 unspecified atom stereocenters. The number of alkyl halides is 3. The van der Waals surface area contributed by atoms with Crippen LogP contribution >= 0.6 is 0 Å². The average Bonchev–Trinajstić information content (AvgIpc) is 2.82. The Morgan fingerprint density at radius 2 is 1.69 bits per heavy atom. The Kier molecular flexibility index (Phi) is 7.20. The van der Waals surface area contributed by atoms with Crippen LogP contribution < -0.4 is 5.32 Å². The van der Waals surface area contributed by atoms with Crippen molar-refractivity contribution in [2.45, 2.75) is 63.9 Å². The average molecular weight is 504 g/mol. The molecule has 36 heavy (non-hydrogen) atoms. The molecule has 1 N–H and O–H groups in total. The molecule has 0 saturated carbocycles. The molecule has 0 aliphatic carbocycles. The van der Waals surface area contributed by atoms with Gasteiger partial charge in [-0.25, -0.2) is 9.59 Å². The molecule has 0 spiro atoms. The van der Waals surface area contributed by atoms with E-state index in [1.54, 1.807) is 9.80 Å². The summed E-state index contributed by atoms with van der Waals surface area (Å²) in [5, 5.41) is 3.06. The van der Waals surface area contributed by atoms with Crippen molar-refractivity contribution < 1.29 is 27.5 Å². The van der Waals surface area contributed by atoms with Gasteiger partial charge >= 0.3 is 18.3 Å². The van der Waals surface area contributed by atoms with Crippen LogP contribution in [0, 0.1) is 0 Å². The maximum Gasteiger partial charge on any atom is 0.416 e. The van der Waals surface area contributed by atoms with Gasteiger partial charge in [0, 0.05) is 25.7 Å². The number of hydrogen-bond acceptors (Lipinski definition) is 3. The molecular weight excluding hydrogens is 471 g/mol. The van der Waals surface area contributed by atoms with Crippen molar-refractivity contribution in [3.63, 3.8) is 0 Å². The van der Waals surface area contributed by atoms with E-state index in [2.05, 4.69) is 5.32 Å². The number of ether oxygens (including phenoxy) is 1. The number of carbonyl (C=O) groups is 2. The number of rotatable bonds is 2. The van der Waals surface area contributed by atoms with E-state index in [0.29, 0.717) is 31.6 Å². The lowest BCUT2D eigenvalue weighted by atomic mass is 9.88. The molecule has 2 aromatic carbocycles. The van der Waals surface area contributed by atoms with Crippen LogP contribution in [0.15, 0.2) is 48.5 Å². The van der Waals surface area contributed by atoms with Crippen LogP contribution in [-0.2, 0) is 17.3 Å². The van der Waals surface area contributed by atoms with Crippen LogP contribution in [-0.4, -0.2) is 53.2 Å². The first-order chi connectivity index (χ1) is 16.9. The van der Waals surface area contributed by atoms with Gasteiger partial charge in [0.25, 0.3) is 0 Å². The zero-order chi connectivity index (χ0) is 26.1. The fraction of sp³-hybridized carbons (Fsp3) is 0.481. The van der Waals surface area contributed by atoms with Gasteiger partial charge in [0.2, 0.25) is 0 Å². The monoisotopic (exact) mass is 503 g/mol. The lowest BCUT2D eigenvalue weighted by molar-refractivity contribution is -0.137. The first kappa shape index (κ1) is 25.9. The van der Waals surface area contributed by atoms with Crippen LogP contribution in [0.5, 0.6) is 0 Å². The second-order valence-corrected chi connectivity index (χ2v) is 10.4. The van der Waals surface area contributed by atoms with Crippen LogP contribution in [0.3, 0.4) is 0 Å². The molecule has 0 bridgehead atoms. The molecule has 0 aromatic heterocycles. The summed E-state index contributed by atoms with van der Waals surface area (Å²) in [5.41, 5.74) is 1.25. The lowest BCUT2D eigenvalue weighted by Gasteiger charge is -2.40. The van der Waals surface area contributed by atoms with Gasteiger partial charge in [-0.3, -0.25) is 0 Å². The van der Waals surface area contributed by atoms with Crippen LogP contribution in [0.4, 0.5) is 22.8 Å². The highest BCUT2D eigenvalue weighted by Gasteiger charge is 2.36. The van der Waals surface area contributed by atoms with Crippen molar-refractivity contribution in [3.05, 3.63) is 70.8 Å². The van der Waals surface area contributed by atoms with Crippen LogP contribution in [0.2, 0.25) is 0 Å². The second kappa shape index (κ2) is 10.0. The Morgan fingerprint density at radius 3 is 2.36 bits per heavy atom. The number of nitrogens with one attached hydrogen (secondary N) is 1. The van der Waals surface area contributed by atoms with E-state index < -0.39 is 29.5 Å². The first-order valence-electron chi connectivity index (χ1n) is 12.2. The minimum Gasteiger partial charge on any atom is -0.444 e. The Labute approximate surface area is 209 Å². The number of hydrogen-bond donors (Lipinski definition) is 1. The molecule has 1 fully saturated rings. The fourth-order valence-electron chi connectivity index (χ4n) is 4.84. The van der Waals surface area contributed by atoms with Gasteiger partial charge in [-0.2, -0.15) is 13.2 Å². The highest BCUT2D eigenvalue weighted by Crippen LogP contribution is 2.37. The zero-order valence-electron chi connectivity index (χ0n) is 20.8. The number of halogens is 3. The summed E-state index contributed by atoms with van der Waals surface area (Å²) >= 11 is 0. The topological polar surface area (TPSA) is 61.9 Å². The van der Waals surface area contributed by atoms with E-state index >= 15 is 0 Å². The summed E-state index contributed by atoms with van der Waals surface area (Å²) in [7, 11) is 0. The van der Waals surface area contributed by atoms with Gasteiger partial charge < -0.3 is 19.9 Å². The first-order valence-corrected chi connectivity index (χ1v) is 12.2. The van der Waals surface area contributed by atoms with Gasteiger partial charge in [-0.1, -0.05) is 36.4 Å². The molecule has 6 nitrogen and oxygen atoms in total. The number of likely N-dealkylation sites (tertiary alicyclic amines) is 1. The van der Waals surface area contributed by atoms with E-state index in [-0.39, 0.29) is 12.1 Å². The third kappa shape index (κ3) is 5.94. The molecule has 2 atom stereocenters. The number of carbonyl (C=O) groups excluding carboxylic acids is 2. The molecule has 2 aromatic rings. The molecule has 1 saturated heterocycles. The summed E-state index contributed by atoms with van der Waals surface area (Å²) in [5.74, 6) is 0. The maximum absolute atomic E-state index is 13.5. The van der Waals surface area contributed by atoms with Crippen molar-refractivity contribution in [1.29, 1.82) is 0 Å². The molecule has 4 rings (SSSR count). The van der Waals surface area contributed by atoms with Crippen LogP contribution in [0.25, 0.3) is 0 Å². The number of fused-ring (bicyclic) bond motifs is 1. The van der Waals surface area contributed by atoms with E-state index in [1.807, 2.05) is 45.0 Å². The number of amides is 3. The summed E-state index contributed by atoms with van der Waals surface area (Å²) in [6, 6.07) is 11.6. The largest absolute Gasteiger partial charge is 0.444 e. The smallest absolute Gasteiger partial charge is 0.416 e. The summed E-state index contributed by atoms with van der Waals surface area (Å²) in [6.07, 6.45) is -2.73. The molecule has 0 radical (unpaired) electrons. The molecular formula is C27H32F3N3O3. The Morgan fingerprint density at radius 1 is 1.00 bits per heavy atom. The third-order valence-electron chi connectivity index (χ3n) is 6.50. The van der Waals surface area contributed by atoms with Gasteiger partial charge in [-0.05, 0) is 68.9 Å². The van der Waals surface area contributed by atoms with Crippen molar-refractivity contribution in [2.75, 3.05) is 19.6 Å². The van der Waals surface area contributed by atoms with Crippen molar-refractivity contribution in [3.8, 4) is 0 Å². The Balaban J connectivity index is 1.53. The zero-order valence-corrected chi connectivity index (χ0v) is 20.8. The van der Waals surface area contributed by atoms with Crippen molar-refractivity contribution >= 4 is 12.1 Å². The summed E-state index contributed by atoms with van der Waals surface area (Å²) in [4.78, 5) is 29.3. The molecule has 2 aliphatic rings. The van der Waals surface area contributed by atoms with E-state index in [4.69, 9.17) is 4.74 Å². The van der Waals surface area contributed by atoms with Gasteiger partial charge in [0.1, 0.15) is 5.60 Å². The van der Waals surface area contributed by atoms with Gasteiger partial charge in [0.15, 0.2) is 0 Å². The predicted molar refractivity (Wildman–Crippen MR) is 129 cm³/mol. The van der Waals surface area contributed by atoms with Crippen molar-refractivity contribution in [1.82, 2.24) is 15.1 Å². The normalized spacial score (nSPS) is 20.5. The fourth-order valence-corrected chi connectivity index (χ4v) is 4.84. The molecule has 9 heteroatoms. The highest BCUT2D eigenvalue weighted by molar-refractivity contribution is 5.76. The van der Waals surface area contributed by atoms with E-state index in [9.17, 15) is 22.8 Å². The quantitative estimate of drug-likeness (QED) is 0.567. The lowest BCUT2D eigenvalue weighted by Crippen LogP contribution is -2.54. The number of piperidine rings is 1. The second-order valence-electron chi connectivity index (χ2n) is 10.4. The van der Waals surface area contributed by atoms with E-state index in [0.717, 1.165) is 36.1 Å². The molecule has 2 heterocycles. The SMILES string of the molecule is CC(C)(C)OC(=O)N1CCCC(NC(=O)N2CCc3ccccc3C2c2ccc(C(F)(F)F)cc2)C1. The van der Waals surface area contributed by atoms with Crippen LogP contribution in [0.1, 0.15) is 61.9 Å². The van der Waals surface area contributed by atoms with Gasteiger partial charge in [-0.15, -0.1) is 0 Å². The standard InChI is InChI=1S/C27H32F3N3O3/c1-26(2,3)36-25(35)32-15-6-8-21(17-32)31-24(34)33-16-14-18-7-4-5-9-22(18)23(33)19-10-12-20(13-11-19)27(28,29)30/h4-5,7,9-13,21,23H,6,8,14-17H2,1-3H3,(H,31,34). The Bertz CT molecular complexity index is 1100. The van der Waals surface area contributed by atoms with Crippen molar-refractivity contribution in [2.24, 2.45) is 0 Å². The number of urea groups is 1. The number of benzene rings is 2. The van der Waals surface area contributed by atoms with E-state index in [1.165, 1.54) is 12.1 Å². The molecule has 194 valence electrons. The number of nitrogens with zero attached hydrogens (tertiary/aromatic N) is 2. The predicted octanol–water partition coefficient (Wildman–Crippen LogP) is 5.76. The minimum absolute atomic E-state index is 0.246. The van der Waals surface area contributed by atoms with Gasteiger partial charge in [0.05, 0.1) is 11.6 Å². The molecule has 2 aliphatic heterocycles. The minimum atomic E-state index is -4.43. The highest BCUT2D eigenvalue weighted by atomic mass is 19.4. The Hall–Kier alpha value is -3.23. The summed E-state index contributed by atoms with van der Waals surface area (Å²) < 4.78 is 44.9. The summed E-state index contributed by atoms with van der Waals surface area (Å²) in [6.45, 7) is 6.76. The maximum atomic E-state index is 13.5. The third-order valence-corrected chi connectivity index (χ3v) is 6.50. The molecule has 3 amide bonds.